The van der Waals surface area contributed by atoms with Crippen LogP contribution in [-0.4, -0.2) is 23.0 Å². The number of amides is 1. The largest absolute Gasteiger partial charge is 0.480 e. The molecule has 0 bridgehead atoms. The molecule has 0 aromatic heterocycles. The molecule has 0 spiro atoms. The number of halogens is 2. The minimum atomic E-state index is -1.11. The molecular weight excluding hydrogens is 292 g/mol. The van der Waals surface area contributed by atoms with Crippen LogP contribution in [0.15, 0.2) is 30.4 Å². The van der Waals surface area contributed by atoms with Gasteiger partial charge < -0.3 is 10.4 Å². The van der Waals surface area contributed by atoms with Gasteiger partial charge in [0.25, 0.3) is 0 Å². The Balaban J connectivity index is 1.99. The van der Waals surface area contributed by atoms with Crippen LogP contribution < -0.4 is 5.32 Å². The number of carboxylic acids is 1. The number of nitrogens with one attached hydrogen (secondary N) is 1. The van der Waals surface area contributed by atoms with Crippen molar-refractivity contribution >= 4 is 11.9 Å². The summed E-state index contributed by atoms with van der Waals surface area (Å²) >= 11 is 0. The van der Waals surface area contributed by atoms with Crippen LogP contribution in [0.4, 0.5) is 8.78 Å². The Kier molecular flexibility index (Phi) is 4.90. The van der Waals surface area contributed by atoms with Gasteiger partial charge in [-0.2, -0.15) is 0 Å². The molecule has 0 heterocycles. The van der Waals surface area contributed by atoms with Crippen molar-refractivity contribution in [3.05, 3.63) is 47.5 Å². The van der Waals surface area contributed by atoms with Gasteiger partial charge in [0, 0.05) is 12.0 Å². The van der Waals surface area contributed by atoms with Crippen LogP contribution in [0.1, 0.15) is 31.2 Å². The second kappa shape index (κ2) is 6.68. The highest BCUT2D eigenvalue weighted by Crippen LogP contribution is 2.48. The molecule has 4 nitrogen and oxygen atoms in total. The van der Waals surface area contributed by atoms with E-state index in [9.17, 15) is 18.4 Å². The van der Waals surface area contributed by atoms with Crippen LogP contribution >= 0.6 is 0 Å². The molecule has 0 radical (unpaired) electrons. The van der Waals surface area contributed by atoms with E-state index >= 15 is 0 Å². The molecule has 118 valence electrons. The molecule has 1 aliphatic rings. The number of rotatable bonds is 6. The summed E-state index contributed by atoms with van der Waals surface area (Å²) in [6.45, 7) is 1.76. The zero-order chi connectivity index (χ0) is 16.3. The highest BCUT2D eigenvalue weighted by atomic mass is 19.1. The minimum absolute atomic E-state index is 0.194. The number of carboxylic acid groups (broad SMARTS) is 1. The lowest BCUT2D eigenvalue weighted by Gasteiger charge is -2.12. The topological polar surface area (TPSA) is 66.4 Å². The predicted octanol–water partition coefficient (Wildman–Crippen LogP) is 2.60. The van der Waals surface area contributed by atoms with Crippen molar-refractivity contribution in [2.45, 2.75) is 31.7 Å². The molecule has 0 saturated heterocycles. The smallest absolute Gasteiger partial charge is 0.326 e. The van der Waals surface area contributed by atoms with Crippen molar-refractivity contribution < 1.29 is 23.5 Å². The third kappa shape index (κ3) is 3.69. The lowest BCUT2D eigenvalue weighted by molar-refractivity contribution is -0.141. The molecule has 6 heteroatoms. The van der Waals surface area contributed by atoms with Crippen LogP contribution in [0.2, 0.25) is 0 Å². The lowest BCUT2D eigenvalue weighted by Crippen LogP contribution is -2.41. The van der Waals surface area contributed by atoms with Gasteiger partial charge >= 0.3 is 5.97 Å². The van der Waals surface area contributed by atoms with E-state index in [0.717, 1.165) is 12.1 Å². The number of carbonyl (C=O) groups excluding carboxylic acids is 1. The zero-order valence-electron chi connectivity index (χ0n) is 12.1. The summed E-state index contributed by atoms with van der Waals surface area (Å²) < 4.78 is 26.5. The number of hydrogen-bond acceptors (Lipinski definition) is 2. The van der Waals surface area contributed by atoms with Gasteiger partial charge in [-0.05, 0) is 37.3 Å². The Hall–Kier alpha value is -2.24. The molecule has 0 aliphatic heterocycles. The normalized spacial score (nSPS) is 21.6. The first-order valence-corrected chi connectivity index (χ1v) is 7.03. The molecule has 1 saturated carbocycles. The maximum absolute atomic E-state index is 13.7. The third-order valence-corrected chi connectivity index (χ3v) is 3.71. The molecule has 3 unspecified atom stereocenters. The molecular formula is C16H17F2NO3. The first-order valence-electron chi connectivity index (χ1n) is 7.03. The van der Waals surface area contributed by atoms with Crippen LogP contribution in [0.25, 0.3) is 0 Å². The summed E-state index contributed by atoms with van der Waals surface area (Å²) in [7, 11) is 0. The molecule has 1 fully saturated rings. The number of carbonyl (C=O) groups is 2. The van der Waals surface area contributed by atoms with Gasteiger partial charge in [-0.25, -0.2) is 13.6 Å². The lowest BCUT2D eigenvalue weighted by atomic mass is 10.1. The second-order valence-electron chi connectivity index (χ2n) is 5.32. The standard InChI is InChI=1S/C16H17F2NO3/c1-2-3-4-14(16(21)22)19-15(20)12-8-11(12)10-6-5-9(17)7-13(10)18/h2-3,5-7,11-12,14H,4,8H2,1H3,(H,19,20)(H,21,22)/b3-2+. The van der Waals surface area contributed by atoms with E-state index in [1.165, 1.54) is 6.07 Å². The third-order valence-electron chi connectivity index (χ3n) is 3.71. The fourth-order valence-corrected chi connectivity index (χ4v) is 2.40. The summed E-state index contributed by atoms with van der Waals surface area (Å²) in [5.41, 5.74) is 0.293. The van der Waals surface area contributed by atoms with E-state index < -0.39 is 35.5 Å². The van der Waals surface area contributed by atoms with Crippen molar-refractivity contribution in [1.29, 1.82) is 0 Å². The van der Waals surface area contributed by atoms with Crippen molar-refractivity contribution in [2.24, 2.45) is 5.92 Å². The van der Waals surface area contributed by atoms with E-state index in [-0.39, 0.29) is 12.3 Å². The van der Waals surface area contributed by atoms with Gasteiger partial charge in [-0.1, -0.05) is 18.2 Å². The molecule has 1 amide bonds. The SMILES string of the molecule is C/C=C/CC(NC(=O)C1CC1c1ccc(F)cc1F)C(=O)O. The molecule has 1 aliphatic carbocycles. The number of allylic oxidation sites excluding steroid dienone is 1. The van der Waals surface area contributed by atoms with E-state index in [0.29, 0.717) is 12.0 Å². The van der Waals surface area contributed by atoms with Crippen molar-refractivity contribution in [3.8, 4) is 0 Å². The number of aliphatic carboxylic acids is 1. The van der Waals surface area contributed by atoms with Crippen molar-refractivity contribution in [1.82, 2.24) is 5.32 Å². The minimum Gasteiger partial charge on any atom is -0.480 e. The summed E-state index contributed by atoms with van der Waals surface area (Å²) in [6, 6.07) is 2.27. The van der Waals surface area contributed by atoms with Gasteiger partial charge in [0.15, 0.2) is 0 Å². The molecule has 2 N–H and O–H groups in total. The first kappa shape index (κ1) is 16.1. The summed E-state index contributed by atoms with van der Waals surface area (Å²) in [4.78, 5) is 23.1. The second-order valence-corrected chi connectivity index (χ2v) is 5.32. The molecule has 2 rings (SSSR count). The van der Waals surface area contributed by atoms with Crippen LogP contribution in [0, 0.1) is 17.6 Å². The van der Waals surface area contributed by atoms with Gasteiger partial charge in [0.1, 0.15) is 17.7 Å². The molecule has 3 atom stereocenters. The number of hydrogen-bond donors (Lipinski definition) is 2. The Labute approximate surface area is 126 Å². The van der Waals surface area contributed by atoms with Gasteiger partial charge in [0.05, 0.1) is 0 Å². The molecule has 22 heavy (non-hydrogen) atoms. The maximum atomic E-state index is 13.7. The monoisotopic (exact) mass is 309 g/mol. The number of benzene rings is 1. The quantitative estimate of drug-likeness (QED) is 0.794. The van der Waals surface area contributed by atoms with Crippen molar-refractivity contribution in [3.63, 3.8) is 0 Å². The molecule has 1 aromatic carbocycles. The van der Waals surface area contributed by atoms with E-state index in [1.807, 2.05) is 0 Å². The maximum Gasteiger partial charge on any atom is 0.326 e. The fourth-order valence-electron chi connectivity index (χ4n) is 2.40. The Morgan fingerprint density at radius 3 is 2.77 bits per heavy atom. The van der Waals surface area contributed by atoms with Crippen molar-refractivity contribution in [2.75, 3.05) is 0 Å². The van der Waals surface area contributed by atoms with Gasteiger partial charge in [-0.15, -0.1) is 0 Å². The highest BCUT2D eigenvalue weighted by molar-refractivity contribution is 5.87. The Bertz CT molecular complexity index is 615. The molecule has 1 aromatic rings. The zero-order valence-corrected chi connectivity index (χ0v) is 12.1. The highest BCUT2D eigenvalue weighted by Gasteiger charge is 2.46. The fraction of sp³-hybridized carbons (Fsp3) is 0.375. The first-order chi connectivity index (χ1) is 10.4. The predicted molar refractivity (Wildman–Crippen MR) is 76.2 cm³/mol. The summed E-state index contributed by atoms with van der Waals surface area (Å²) in [5.74, 6) is -3.66. The van der Waals surface area contributed by atoms with E-state index in [1.54, 1.807) is 19.1 Å². The van der Waals surface area contributed by atoms with Crippen LogP contribution in [0.3, 0.4) is 0 Å². The van der Waals surface area contributed by atoms with Crippen LogP contribution in [0.5, 0.6) is 0 Å². The summed E-state index contributed by atoms with van der Waals surface area (Å²) in [5, 5.41) is 11.5. The Morgan fingerprint density at radius 2 is 2.18 bits per heavy atom. The van der Waals surface area contributed by atoms with Gasteiger partial charge in [0.2, 0.25) is 5.91 Å². The van der Waals surface area contributed by atoms with Gasteiger partial charge in [-0.3, -0.25) is 4.79 Å². The van der Waals surface area contributed by atoms with E-state index in [2.05, 4.69) is 5.32 Å². The average Bonchev–Trinajstić information content (AvgIpc) is 3.23. The Morgan fingerprint density at radius 1 is 1.45 bits per heavy atom. The average molecular weight is 309 g/mol. The summed E-state index contributed by atoms with van der Waals surface area (Å²) in [6.07, 6.45) is 3.99. The van der Waals surface area contributed by atoms with Crippen LogP contribution in [-0.2, 0) is 9.59 Å². The van der Waals surface area contributed by atoms with E-state index in [4.69, 9.17) is 5.11 Å².